The fourth-order valence-corrected chi connectivity index (χ4v) is 0. The summed E-state index contributed by atoms with van der Waals surface area (Å²) < 4.78 is 0. The minimum absolute atomic E-state index is 0. The molecule has 0 saturated heterocycles. The minimum Gasteiger partial charge on any atom is -0.114 e. The smallest absolute Gasteiger partial charge is 0.0209 e. The van der Waals surface area contributed by atoms with Gasteiger partial charge in [0, 0.05) is 5.33 Å². The number of alkyl halides is 1. The van der Waals surface area contributed by atoms with E-state index in [1.54, 1.807) is 6.08 Å². The summed E-state index contributed by atoms with van der Waals surface area (Å²) in [4.78, 5) is 0. The summed E-state index contributed by atoms with van der Waals surface area (Å²) >= 11 is 3.13. The molecule has 0 aromatic carbocycles. The molecule has 0 unspecified atom stereocenters. The molecule has 0 rings (SSSR count). The van der Waals surface area contributed by atoms with Crippen molar-refractivity contribution in [1.29, 1.82) is 0 Å². The second kappa shape index (κ2) is 8.83. The van der Waals surface area contributed by atoms with Gasteiger partial charge in [0.05, 0.1) is 0 Å². The maximum atomic E-state index is 3.43. The Kier molecular flexibility index (Phi) is 16.2. The first-order chi connectivity index (χ1) is 1.91. The molecule has 0 spiro atoms. The average molecular weight is 202 g/mol. The zero-order chi connectivity index (χ0) is 3.41. The Labute approximate surface area is 51.2 Å². The highest BCUT2D eigenvalue weighted by Gasteiger charge is 1.47. The van der Waals surface area contributed by atoms with Gasteiger partial charge in [-0.15, -0.1) is 23.6 Å². The third-order valence-corrected chi connectivity index (χ3v) is 0.567. The zero-order valence-corrected chi connectivity index (χ0v) is 6.08. The molecule has 0 nitrogen and oxygen atoms in total. The Morgan fingerprint density at radius 2 is 2.00 bits per heavy atom. The van der Waals surface area contributed by atoms with Crippen molar-refractivity contribution in [2.75, 3.05) is 5.33 Å². The van der Waals surface area contributed by atoms with Crippen LogP contribution in [0.25, 0.3) is 0 Å². The molecule has 0 aliphatic carbocycles. The molecule has 0 atom stereocenters. The van der Waals surface area contributed by atoms with Crippen molar-refractivity contribution >= 4 is 32.9 Å². The summed E-state index contributed by atoms with van der Waals surface area (Å²) in [6.45, 7) is 3.43. The van der Waals surface area contributed by atoms with E-state index in [1.807, 2.05) is 0 Å². The highest BCUT2D eigenvalue weighted by atomic mass is 79.9. The lowest BCUT2D eigenvalue weighted by atomic mass is 10.8. The summed E-state index contributed by atoms with van der Waals surface area (Å²) in [7, 11) is 0. The predicted molar refractivity (Wildman–Crippen MR) is 34.3 cm³/mol. The second-order valence-electron chi connectivity index (χ2n) is 0.443. The van der Waals surface area contributed by atoms with E-state index in [0.29, 0.717) is 0 Å². The lowest BCUT2D eigenvalue weighted by Gasteiger charge is -1.55. The fraction of sp³-hybridized carbons (Fsp3) is 0.333. The summed E-state index contributed by atoms with van der Waals surface area (Å²) in [5.74, 6) is 0. The van der Waals surface area contributed by atoms with Gasteiger partial charge in [0.1, 0.15) is 0 Å². The topological polar surface area (TPSA) is 0 Å². The molecule has 5 heavy (non-hydrogen) atoms. The number of halogens is 2. The summed E-state index contributed by atoms with van der Waals surface area (Å²) in [5.41, 5.74) is 0. The van der Waals surface area contributed by atoms with Crippen LogP contribution in [0.4, 0.5) is 0 Å². The third-order valence-electron chi connectivity index (χ3n) is 0.109. The Hall–Kier alpha value is 0.700. The first-order valence-corrected chi connectivity index (χ1v) is 2.21. The Morgan fingerprint density at radius 1 is 1.80 bits per heavy atom. The van der Waals surface area contributed by atoms with Gasteiger partial charge >= 0.3 is 0 Å². The van der Waals surface area contributed by atoms with Gasteiger partial charge in [0.2, 0.25) is 0 Å². The standard InChI is InChI=1S/C3H5Br.BrH/c1-2-3-4;/h2H,1,3H2;1H. The van der Waals surface area contributed by atoms with Crippen LogP contribution in [-0.2, 0) is 0 Å². The van der Waals surface area contributed by atoms with Gasteiger partial charge in [-0.2, -0.15) is 0 Å². The van der Waals surface area contributed by atoms with Crippen molar-refractivity contribution in [3.8, 4) is 0 Å². The summed E-state index contributed by atoms with van der Waals surface area (Å²) in [6.07, 6.45) is 1.79. The zero-order valence-electron chi connectivity index (χ0n) is 2.78. The predicted octanol–water partition coefficient (Wildman–Crippen LogP) is 2.15. The van der Waals surface area contributed by atoms with E-state index in [2.05, 4.69) is 22.5 Å². The molecule has 0 aliphatic heterocycles. The number of hydrogen-bond donors (Lipinski definition) is 0. The summed E-state index contributed by atoms with van der Waals surface area (Å²) in [5, 5.41) is 0.896. The van der Waals surface area contributed by atoms with E-state index in [1.165, 1.54) is 0 Å². The number of rotatable bonds is 1. The lowest BCUT2D eigenvalue weighted by molar-refractivity contribution is 1.87. The molecule has 0 fully saturated rings. The normalized spacial score (nSPS) is 5.00. The molecule has 0 heterocycles. The average Bonchev–Trinajstić information content (AvgIpc) is 1.37. The van der Waals surface area contributed by atoms with Gasteiger partial charge in [-0.1, -0.05) is 22.0 Å². The van der Waals surface area contributed by atoms with Crippen LogP contribution in [0.1, 0.15) is 0 Å². The first kappa shape index (κ1) is 9.20. The molecule has 0 aromatic rings. The molecule has 0 bridgehead atoms. The lowest BCUT2D eigenvalue weighted by Crippen LogP contribution is -1.43. The van der Waals surface area contributed by atoms with E-state index < -0.39 is 0 Å². The van der Waals surface area contributed by atoms with Crippen molar-refractivity contribution in [3.05, 3.63) is 12.7 Å². The van der Waals surface area contributed by atoms with E-state index >= 15 is 0 Å². The van der Waals surface area contributed by atoms with Gasteiger partial charge in [-0.05, 0) is 0 Å². The van der Waals surface area contributed by atoms with Gasteiger partial charge in [-0.3, -0.25) is 0 Å². The SMILES string of the molecule is Br.C=CCBr. The van der Waals surface area contributed by atoms with Gasteiger partial charge < -0.3 is 0 Å². The van der Waals surface area contributed by atoms with Crippen molar-refractivity contribution in [1.82, 2.24) is 0 Å². The monoisotopic (exact) mass is 200 g/mol. The van der Waals surface area contributed by atoms with Crippen molar-refractivity contribution in [2.45, 2.75) is 0 Å². The molecular weight excluding hydrogens is 196 g/mol. The maximum Gasteiger partial charge on any atom is 0.0209 e. The van der Waals surface area contributed by atoms with Crippen LogP contribution in [0.5, 0.6) is 0 Å². The molecule has 0 amide bonds. The highest BCUT2D eigenvalue weighted by molar-refractivity contribution is 9.09. The quantitative estimate of drug-likeness (QED) is 0.451. The van der Waals surface area contributed by atoms with E-state index in [-0.39, 0.29) is 17.0 Å². The van der Waals surface area contributed by atoms with Crippen molar-refractivity contribution in [3.63, 3.8) is 0 Å². The number of hydrogen-bond acceptors (Lipinski definition) is 0. The van der Waals surface area contributed by atoms with E-state index in [9.17, 15) is 0 Å². The highest BCUT2D eigenvalue weighted by Crippen LogP contribution is 1.73. The first-order valence-electron chi connectivity index (χ1n) is 1.08. The van der Waals surface area contributed by atoms with Crippen LogP contribution in [0.2, 0.25) is 0 Å². The second-order valence-corrected chi connectivity index (χ2v) is 1.09. The Morgan fingerprint density at radius 3 is 2.00 bits per heavy atom. The van der Waals surface area contributed by atoms with Crippen LogP contribution >= 0.6 is 32.9 Å². The molecule has 0 radical (unpaired) electrons. The molecule has 0 N–H and O–H groups in total. The largest absolute Gasteiger partial charge is 0.114 e. The van der Waals surface area contributed by atoms with Crippen LogP contribution < -0.4 is 0 Å². The molecular formula is C3H6Br2. The maximum absolute atomic E-state index is 3.43. The molecule has 0 aromatic heterocycles. The molecule has 2 heteroatoms. The molecule has 0 saturated carbocycles. The summed E-state index contributed by atoms with van der Waals surface area (Å²) in [6, 6.07) is 0. The van der Waals surface area contributed by atoms with Gasteiger partial charge in [-0.25, -0.2) is 0 Å². The van der Waals surface area contributed by atoms with Gasteiger partial charge in [0.25, 0.3) is 0 Å². The third kappa shape index (κ3) is 11.9. The van der Waals surface area contributed by atoms with Crippen LogP contribution in [-0.4, -0.2) is 5.33 Å². The molecule has 0 aliphatic rings. The fourth-order valence-electron chi connectivity index (χ4n) is 0. The van der Waals surface area contributed by atoms with Crippen LogP contribution in [0, 0.1) is 0 Å². The van der Waals surface area contributed by atoms with Crippen LogP contribution in [0.3, 0.4) is 0 Å². The molecule has 32 valence electrons. The Balaban J connectivity index is 0. The van der Waals surface area contributed by atoms with Crippen LogP contribution in [0.15, 0.2) is 12.7 Å². The Bertz CT molecular complexity index is 18.9. The van der Waals surface area contributed by atoms with Crippen molar-refractivity contribution < 1.29 is 0 Å². The van der Waals surface area contributed by atoms with E-state index in [4.69, 9.17) is 0 Å². The van der Waals surface area contributed by atoms with E-state index in [0.717, 1.165) is 5.33 Å². The number of allylic oxidation sites excluding steroid dienone is 1. The minimum atomic E-state index is 0. The van der Waals surface area contributed by atoms with Crippen molar-refractivity contribution in [2.24, 2.45) is 0 Å². The van der Waals surface area contributed by atoms with Gasteiger partial charge in [0.15, 0.2) is 0 Å².